The summed E-state index contributed by atoms with van der Waals surface area (Å²) in [5.41, 5.74) is -0.236. The van der Waals surface area contributed by atoms with Crippen molar-refractivity contribution < 1.29 is 32.2 Å². The Labute approximate surface area is 205 Å². The van der Waals surface area contributed by atoms with Gasteiger partial charge >= 0.3 is 6.18 Å². The summed E-state index contributed by atoms with van der Waals surface area (Å²) in [6.07, 6.45) is -0.955. The van der Waals surface area contributed by atoms with E-state index in [1.165, 1.54) is 12.1 Å². The lowest BCUT2D eigenvalue weighted by atomic mass is 10.0. The molecule has 3 aromatic rings. The van der Waals surface area contributed by atoms with Crippen molar-refractivity contribution in [2.45, 2.75) is 32.0 Å². The first-order valence-electron chi connectivity index (χ1n) is 11.8. The van der Waals surface area contributed by atoms with E-state index in [-0.39, 0.29) is 24.6 Å². The number of Topliss-reactive ketones (excluding diaryl/α,β-unsaturated/α-hetero) is 1. The van der Waals surface area contributed by atoms with Crippen LogP contribution in [-0.4, -0.2) is 64.3 Å². The molecule has 0 spiro atoms. The molecule has 0 unspecified atom stereocenters. The van der Waals surface area contributed by atoms with Crippen molar-refractivity contribution in [3.8, 4) is 5.75 Å². The highest BCUT2D eigenvalue weighted by molar-refractivity contribution is 5.97. The van der Waals surface area contributed by atoms with Gasteiger partial charge in [0.25, 0.3) is 0 Å². The summed E-state index contributed by atoms with van der Waals surface area (Å²) in [5, 5.41) is 5.20. The van der Waals surface area contributed by atoms with E-state index >= 15 is 0 Å². The van der Waals surface area contributed by atoms with Gasteiger partial charge in [-0.05, 0) is 37.0 Å². The second kappa shape index (κ2) is 9.88. The van der Waals surface area contributed by atoms with Crippen LogP contribution in [0.5, 0.6) is 5.75 Å². The van der Waals surface area contributed by atoms with Gasteiger partial charge in [-0.15, -0.1) is 0 Å². The quantitative estimate of drug-likeness (QED) is 0.438. The molecule has 1 aromatic carbocycles. The van der Waals surface area contributed by atoms with Gasteiger partial charge < -0.3 is 14.4 Å². The van der Waals surface area contributed by atoms with E-state index in [1.807, 2.05) is 0 Å². The number of hydrogen-bond donors (Lipinski definition) is 0. The molecule has 2 fully saturated rings. The SMILES string of the molecule is O=C(Cc1cc2cn(CC(=O)N3CCOCC3)nc2cc1OCC1CC1)c1cccc(C(F)(F)F)n1. The van der Waals surface area contributed by atoms with Crippen LogP contribution in [0.4, 0.5) is 13.2 Å². The molecule has 2 aromatic heterocycles. The smallest absolute Gasteiger partial charge is 0.433 e. The van der Waals surface area contributed by atoms with Crippen molar-refractivity contribution in [2.24, 2.45) is 5.92 Å². The molecule has 0 bridgehead atoms. The molecule has 1 saturated heterocycles. The zero-order valence-corrected chi connectivity index (χ0v) is 19.5. The fourth-order valence-electron chi connectivity index (χ4n) is 4.06. The molecule has 3 heterocycles. The molecule has 190 valence electrons. The third-order valence-corrected chi connectivity index (χ3v) is 6.24. The molecule has 1 aliphatic heterocycles. The van der Waals surface area contributed by atoms with Gasteiger partial charge in [-0.2, -0.15) is 18.3 Å². The molecule has 36 heavy (non-hydrogen) atoms. The van der Waals surface area contributed by atoms with Gasteiger partial charge in [0.2, 0.25) is 5.91 Å². The van der Waals surface area contributed by atoms with E-state index in [4.69, 9.17) is 9.47 Å². The van der Waals surface area contributed by atoms with E-state index in [9.17, 15) is 22.8 Å². The van der Waals surface area contributed by atoms with Crippen LogP contribution in [0.3, 0.4) is 0 Å². The molecule has 8 nitrogen and oxygen atoms in total. The molecule has 0 atom stereocenters. The summed E-state index contributed by atoms with van der Waals surface area (Å²) in [6, 6.07) is 6.74. The number of pyridine rings is 1. The summed E-state index contributed by atoms with van der Waals surface area (Å²) in [6.45, 7) is 2.64. The number of amides is 1. The molecule has 0 radical (unpaired) electrons. The van der Waals surface area contributed by atoms with Crippen molar-refractivity contribution in [1.29, 1.82) is 0 Å². The van der Waals surface area contributed by atoms with E-state index in [1.54, 1.807) is 27.9 Å². The Balaban J connectivity index is 1.39. The minimum Gasteiger partial charge on any atom is -0.493 e. The predicted molar refractivity (Wildman–Crippen MR) is 123 cm³/mol. The summed E-state index contributed by atoms with van der Waals surface area (Å²) in [5.74, 6) is 0.298. The molecule has 1 aliphatic carbocycles. The molecule has 2 aliphatic rings. The second-order valence-corrected chi connectivity index (χ2v) is 9.10. The fourth-order valence-corrected chi connectivity index (χ4v) is 4.06. The number of fused-ring (bicyclic) bond motifs is 1. The average molecular weight is 502 g/mol. The number of ketones is 1. The van der Waals surface area contributed by atoms with E-state index in [2.05, 4.69) is 10.1 Å². The predicted octanol–water partition coefficient (Wildman–Crippen LogP) is 3.52. The molecule has 11 heteroatoms. The van der Waals surface area contributed by atoms with Crippen molar-refractivity contribution in [3.63, 3.8) is 0 Å². The van der Waals surface area contributed by atoms with E-state index in [0.717, 1.165) is 18.9 Å². The first-order chi connectivity index (χ1) is 17.3. The van der Waals surface area contributed by atoms with Gasteiger partial charge in [-0.25, -0.2) is 4.98 Å². The zero-order valence-electron chi connectivity index (χ0n) is 19.5. The van der Waals surface area contributed by atoms with E-state index < -0.39 is 17.7 Å². The number of benzene rings is 1. The lowest BCUT2D eigenvalue weighted by molar-refractivity contribution is -0.141. The highest BCUT2D eigenvalue weighted by atomic mass is 19.4. The molecule has 5 rings (SSSR count). The minimum atomic E-state index is -4.64. The van der Waals surface area contributed by atoms with Gasteiger partial charge in [0.1, 0.15) is 23.7 Å². The molecule has 1 saturated carbocycles. The Hall–Kier alpha value is -3.47. The number of hydrogen-bond acceptors (Lipinski definition) is 6. The van der Waals surface area contributed by atoms with Crippen LogP contribution in [0.25, 0.3) is 10.9 Å². The van der Waals surface area contributed by atoms with Gasteiger partial charge in [0.15, 0.2) is 5.78 Å². The largest absolute Gasteiger partial charge is 0.493 e. The van der Waals surface area contributed by atoms with Crippen molar-refractivity contribution in [3.05, 3.63) is 53.5 Å². The third-order valence-electron chi connectivity index (χ3n) is 6.24. The summed E-state index contributed by atoms with van der Waals surface area (Å²) in [4.78, 5) is 30.8. The summed E-state index contributed by atoms with van der Waals surface area (Å²) < 4.78 is 52.0. The number of alkyl halides is 3. The Bertz CT molecular complexity index is 1280. The van der Waals surface area contributed by atoms with Crippen molar-refractivity contribution in [1.82, 2.24) is 19.7 Å². The van der Waals surface area contributed by atoms with Gasteiger partial charge in [0, 0.05) is 42.7 Å². The van der Waals surface area contributed by atoms with Crippen LogP contribution in [0.15, 0.2) is 36.5 Å². The number of ether oxygens (including phenoxy) is 2. The van der Waals surface area contributed by atoms with Gasteiger partial charge in [-0.3, -0.25) is 14.3 Å². The van der Waals surface area contributed by atoms with Crippen LogP contribution in [0.2, 0.25) is 0 Å². The van der Waals surface area contributed by atoms with Crippen LogP contribution in [0, 0.1) is 5.92 Å². The number of morpholine rings is 1. The van der Waals surface area contributed by atoms with Gasteiger partial charge in [0.05, 0.1) is 25.3 Å². The maximum absolute atomic E-state index is 13.1. The Morgan fingerprint density at radius 1 is 1.14 bits per heavy atom. The highest BCUT2D eigenvalue weighted by Crippen LogP contribution is 2.33. The van der Waals surface area contributed by atoms with Crippen molar-refractivity contribution in [2.75, 3.05) is 32.9 Å². The van der Waals surface area contributed by atoms with Crippen LogP contribution < -0.4 is 4.74 Å². The third kappa shape index (κ3) is 5.67. The number of nitrogens with zero attached hydrogens (tertiary/aromatic N) is 4. The lowest BCUT2D eigenvalue weighted by Gasteiger charge is -2.26. The van der Waals surface area contributed by atoms with Crippen molar-refractivity contribution >= 4 is 22.6 Å². The zero-order chi connectivity index (χ0) is 25.3. The number of halogens is 3. The number of aromatic nitrogens is 3. The topological polar surface area (TPSA) is 86.6 Å². The molecule has 1 amide bonds. The maximum atomic E-state index is 13.1. The lowest BCUT2D eigenvalue weighted by Crippen LogP contribution is -2.42. The monoisotopic (exact) mass is 502 g/mol. The van der Waals surface area contributed by atoms with Crippen LogP contribution in [-0.2, 0) is 28.7 Å². The maximum Gasteiger partial charge on any atom is 0.433 e. The van der Waals surface area contributed by atoms with Crippen LogP contribution in [0.1, 0.15) is 34.6 Å². The summed E-state index contributed by atoms with van der Waals surface area (Å²) in [7, 11) is 0. The highest BCUT2D eigenvalue weighted by Gasteiger charge is 2.33. The average Bonchev–Trinajstić information content (AvgIpc) is 3.61. The fraction of sp³-hybridized carbons (Fsp3) is 0.440. The Kier molecular flexibility index (Phi) is 6.65. The summed E-state index contributed by atoms with van der Waals surface area (Å²) >= 11 is 0. The van der Waals surface area contributed by atoms with E-state index in [0.29, 0.717) is 61.0 Å². The number of carbonyl (C=O) groups excluding carboxylic acids is 2. The molecular weight excluding hydrogens is 477 g/mol. The first-order valence-corrected chi connectivity index (χ1v) is 11.8. The number of carbonyl (C=O) groups is 2. The van der Waals surface area contributed by atoms with Gasteiger partial charge in [-0.1, -0.05) is 6.07 Å². The minimum absolute atomic E-state index is 0.0648. The standard InChI is InChI=1S/C25H25F3N4O4/c26-25(27,28)23-3-1-2-19(29-23)21(33)11-17-10-18-13-32(14-24(34)31-6-8-35-9-7-31)30-20(18)12-22(17)36-15-16-4-5-16/h1-3,10,12-13,16H,4-9,11,14-15H2. The van der Waals surface area contributed by atoms with Crippen LogP contribution >= 0.6 is 0 Å². The Morgan fingerprint density at radius 3 is 2.64 bits per heavy atom. The second-order valence-electron chi connectivity index (χ2n) is 9.10. The Morgan fingerprint density at radius 2 is 1.92 bits per heavy atom. The molecule has 0 N–H and O–H groups in total. The molecular formula is C25H25F3N4O4. The normalized spacial score (nSPS) is 16.4. The first kappa shape index (κ1) is 24.2. The number of rotatable bonds is 8.